The van der Waals surface area contributed by atoms with Crippen LogP contribution in [0.5, 0.6) is 5.75 Å². The van der Waals surface area contributed by atoms with Crippen LogP contribution in [-0.4, -0.2) is 35.4 Å². The number of carbonyl (C=O) groups is 1. The highest BCUT2D eigenvalue weighted by Gasteiger charge is 2.29. The van der Waals surface area contributed by atoms with Gasteiger partial charge in [0.25, 0.3) is 5.69 Å². The Labute approximate surface area is 164 Å². The lowest BCUT2D eigenvalue weighted by Crippen LogP contribution is -2.29. The Balaban J connectivity index is 1.55. The Morgan fingerprint density at radius 3 is 2.54 bits per heavy atom. The van der Waals surface area contributed by atoms with E-state index < -0.39 is 4.92 Å². The predicted molar refractivity (Wildman–Crippen MR) is 108 cm³/mol. The smallest absolute Gasteiger partial charge is 0.269 e. The third-order valence-electron chi connectivity index (χ3n) is 4.93. The number of benzene rings is 2. The van der Waals surface area contributed by atoms with Crippen molar-refractivity contribution in [2.45, 2.75) is 38.8 Å². The van der Waals surface area contributed by atoms with Crippen LogP contribution in [0.1, 0.15) is 30.4 Å². The van der Waals surface area contributed by atoms with Crippen molar-refractivity contribution in [2.75, 3.05) is 19.0 Å². The Morgan fingerprint density at radius 2 is 1.96 bits per heavy atom. The highest BCUT2D eigenvalue weighted by Crippen LogP contribution is 2.29. The number of nitro groups is 1. The molecule has 0 spiro atoms. The summed E-state index contributed by atoms with van der Waals surface area (Å²) in [6.07, 6.45) is 2.71. The van der Waals surface area contributed by atoms with Gasteiger partial charge in [-0.25, -0.2) is 0 Å². The van der Waals surface area contributed by atoms with Crippen LogP contribution in [0.15, 0.2) is 42.5 Å². The van der Waals surface area contributed by atoms with Crippen molar-refractivity contribution in [3.8, 4) is 5.75 Å². The summed E-state index contributed by atoms with van der Waals surface area (Å²) in [5.41, 5.74) is 2.51. The summed E-state index contributed by atoms with van der Waals surface area (Å²) < 4.78 is 5.20. The van der Waals surface area contributed by atoms with Crippen molar-refractivity contribution < 1.29 is 14.5 Å². The molecule has 7 heteroatoms. The molecule has 0 bridgehead atoms. The number of nitro benzene ring substituents is 1. The van der Waals surface area contributed by atoms with Gasteiger partial charge in [0.1, 0.15) is 5.75 Å². The normalized spacial score (nSPS) is 13.4. The molecular formula is C21H25N3O4. The van der Waals surface area contributed by atoms with Gasteiger partial charge < -0.3 is 10.1 Å². The molecule has 1 saturated carbocycles. The van der Waals surface area contributed by atoms with Crippen molar-refractivity contribution in [1.82, 2.24) is 4.90 Å². The molecule has 3 rings (SSSR count). The van der Waals surface area contributed by atoms with E-state index in [-0.39, 0.29) is 11.6 Å². The number of amides is 1. The number of ether oxygens (including phenoxy) is 1. The van der Waals surface area contributed by atoms with E-state index in [9.17, 15) is 14.9 Å². The molecule has 1 amide bonds. The molecule has 0 radical (unpaired) electrons. The van der Waals surface area contributed by atoms with Crippen molar-refractivity contribution in [3.05, 3.63) is 63.7 Å². The monoisotopic (exact) mass is 383 g/mol. The Kier molecular flexibility index (Phi) is 6.26. The van der Waals surface area contributed by atoms with Gasteiger partial charge in [-0.15, -0.1) is 0 Å². The van der Waals surface area contributed by atoms with Crippen LogP contribution < -0.4 is 10.1 Å². The van der Waals surface area contributed by atoms with Crippen LogP contribution in [0, 0.1) is 17.0 Å². The van der Waals surface area contributed by atoms with Gasteiger partial charge in [-0.2, -0.15) is 0 Å². The summed E-state index contributed by atoms with van der Waals surface area (Å²) >= 11 is 0. The highest BCUT2D eigenvalue weighted by molar-refractivity contribution is 5.91. The van der Waals surface area contributed by atoms with Gasteiger partial charge in [-0.3, -0.25) is 19.8 Å². The Morgan fingerprint density at radius 1 is 1.25 bits per heavy atom. The van der Waals surface area contributed by atoms with Crippen LogP contribution in [0.2, 0.25) is 0 Å². The SMILES string of the molecule is COc1ccc(CN(CCC(=O)Nc2ccc([N+](=O)[O-])cc2C)C2CC2)cc1. The second-order valence-corrected chi connectivity index (χ2v) is 7.10. The van der Waals surface area contributed by atoms with Gasteiger partial charge in [0.05, 0.1) is 12.0 Å². The fraction of sp³-hybridized carbons (Fsp3) is 0.381. The van der Waals surface area contributed by atoms with Crippen LogP contribution in [-0.2, 0) is 11.3 Å². The summed E-state index contributed by atoms with van der Waals surface area (Å²) in [6.45, 7) is 3.23. The number of hydrogen-bond donors (Lipinski definition) is 1. The lowest BCUT2D eigenvalue weighted by molar-refractivity contribution is -0.384. The summed E-state index contributed by atoms with van der Waals surface area (Å²) in [5.74, 6) is 0.747. The van der Waals surface area contributed by atoms with Crippen molar-refractivity contribution in [2.24, 2.45) is 0 Å². The molecule has 0 saturated heterocycles. The van der Waals surface area contributed by atoms with Gasteiger partial charge >= 0.3 is 0 Å². The molecule has 1 N–H and O–H groups in total. The highest BCUT2D eigenvalue weighted by atomic mass is 16.6. The molecule has 0 aromatic heterocycles. The van der Waals surface area contributed by atoms with E-state index in [2.05, 4.69) is 22.3 Å². The zero-order chi connectivity index (χ0) is 20.1. The first kappa shape index (κ1) is 19.8. The molecule has 2 aromatic rings. The van der Waals surface area contributed by atoms with Crippen molar-refractivity contribution in [3.63, 3.8) is 0 Å². The first-order chi connectivity index (χ1) is 13.5. The van der Waals surface area contributed by atoms with Crippen molar-refractivity contribution in [1.29, 1.82) is 0 Å². The van der Waals surface area contributed by atoms with E-state index in [1.807, 2.05) is 12.1 Å². The number of aryl methyl sites for hydroxylation is 1. The minimum atomic E-state index is -0.439. The van der Waals surface area contributed by atoms with E-state index in [0.29, 0.717) is 30.3 Å². The predicted octanol–water partition coefficient (Wildman–Crippen LogP) is 3.91. The number of nitrogens with one attached hydrogen (secondary N) is 1. The molecule has 0 aliphatic heterocycles. The average Bonchev–Trinajstić information content (AvgIpc) is 3.52. The molecule has 1 fully saturated rings. The van der Waals surface area contributed by atoms with Crippen LogP contribution in [0.25, 0.3) is 0 Å². The fourth-order valence-corrected chi connectivity index (χ4v) is 3.16. The number of hydrogen-bond acceptors (Lipinski definition) is 5. The van der Waals surface area contributed by atoms with E-state index >= 15 is 0 Å². The fourth-order valence-electron chi connectivity index (χ4n) is 3.16. The first-order valence-corrected chi connectivity index (χ1v) is 9.38. The zero-order valence-corrected chi connectivity index (χ0v) is 16.2. The van der Waals surface area contributed by atoms with E-state index in [4.69, 9.17) is 4.74 Å². The van der Waals surface area contributed by atoms with E-state index in [0.717, 1.165) is 12.3 Å². The maximum absolute atomic E-state index is 12.4. The molecule has 28 heavy (non-hydrogen) atoms. The molecule has 0 atom stereocenters. The molecule has 1 aliphatic rings. The van der Waals surface area contributed by atoms with Gasteiger partial charge in [-0.1, -0.05) is 12.1 Å². The average molecular weight is 383 g/mol. The van der Waals surface area contributed by atoms with Gasteiger partial charge in [0.2, 0.25) is 5.91 Å². The maximum Gasteiger partial charge on any atom is 0.269 e. The standard InChI is InChI=1S/C21H25N3O4/c1-15-13-18(24(26)27)7-10-20(15)22-21(25)11-12-23(17-5-6-17)14-16-3-8-19(28-2)9-4-16/h3-4,7-10,13,17H,5-6,11-12,14H2,1-2H3,(H,22,25). The molecular weight excluding hydrogens is 358 g/mol. The molecule has 0 heterocycles. The van der Waals surface area contributed by atoms with Gasteiger partial charge in [0, 0.05) is 43.4 Å². The van der Waals surface area contributed by atoms with Crippen LogP contribution in [0.4, 0.5) is 11.4 Å². The summed E-state index contributed by atoms with van der Waals surface area (Å²) in [5, 5.41) is 13.7. The third-order valence-corrected chi connectivity index (χ3v) is 4.93. The lowest BCUT2D eigenvalue weighted by atomic mass is 10.1. The molecule has 7 nitrogen and oxygen atoms in total. The first-order valence-electron chi connectivity index (χ1n) is 9.38. The van der Waals surface area contributed by atoms with Gasteiger partial charge in [0.15, 0.2) is 0 Å². The number of carbonyl (C=O) groups excluding carboxylic acids is 1. The Hall–Kier alpha value is -2.93. The number of non-ortho nitro benzene ring substituents is 1. The second-order valence-electron chi connectivity index (χ2n) is 7.10. The maximum atomic E-state index is 12.4. The van der Waals surface area contributed by atoms with Crippen molar-refractivity contribution >= 4 is 17.3 Å². The minimum Gasteiger partial charge on any atom is -0.497 e. The molecule has 2 aromatic carbocycles. The quantitative estimate of drug-likeness (QED) is 0.524. The van der Waals surface area contributed by atoms with Crippen LogP contribution >= 0.6 is 0 Å². The molecule has 148 valence electrons. The molecule has 1 aliphatic carbocycles. The number of methoxy groups -OCH3 is 1. The molecule has 0 unspecified atom stereocenters. The zero-order valence-electron chi connectivity index (χ0n) is 16.2. The van der Waals surface area contributed by atoms with E-state index in [1.54, 1.807) is 20.1 Å². The second kappa shape index (κ2) is 8.84. The third kappa shape index (κ3) is 5.29. The van der Waals surface area contributed by atoms with E-state index in [1.165, 1.54) is 30.5 Å². The largest absolute Gasteiger partial charge is 0.497 e. The summed E-state index contributed by atoms with van der Waals surface area (Å²) in [7, 11) is 1.65. The Bertz CT molecular complexity index is 847. The number of anilines is 1. The number of rotatable bonds is 9. The lowest BCUT2D eigenvalue weighted by Gasteiger charge is -2.22. The van der Waals surface area contributed by atoms with Gasteiger partial charge in [-0.05, 0) is 49.1 Å². The summed E-state index contributed by atoms with van der Waals surface area (Å²) in [4.78, 5) is 25.1. The van der Waals surface area contributed by atoms with Crippen LogP contribution in [0.3, 0.4) is 0 Å². The number of nitrogens with zero attached hydrogens (tertiary/aromatic N) is 2. The minimum absolute atomic E-state index is 0.0231. The summed E-state index contributed by atoms with van der Waals surface area (Å²) in [6, 6.07) is 13.0. The topological polar surface area (TPSA) is 84.7 Å².